The molecule has 0 aliphatic rings. The second-order valence-corrected chi connectivity index (χ2v) is 6.41. The number of aromatic nitrogens is 1. The minimum absolute atomic E-state index is 0.526. The molecule has 20 heavy (non-hydrogen) atoms. The monoisotopic (exact) mass is 354 g/mol. The lowest BCUT2D eigenvalue weighted by Crippen LogP contribution is -2.07. The predicted molar refractivity (Wildman–Crippen MR) is 87.3 cm³/mol. The summed E-state index contributed by atoms with van der Waals surface area (Å²) in [6, 6.07) is 6.07. The molecule has 0 unspecified atom stereocenters. The lowest BCUT2D eigenvalue weighted by Gasteiger charge is -2.11. The molecule has 0 saturated heterocycles. The largest absolute Gasteiger partial charge is 0.487 e. The Bertz CT molecular complexity index is 557. The number of nitrogens with zero attached hydrogens (tertiary/aromatic N) is 1. The molecule has 0 aliphatic heterocycles. The molecular weight excluding hydrogens is 336 g/mol. The van der Waals surface area contributed by atoms with E-state index in [1.807, 2.05) is 19.2 Å². The van der Waals surface area contributed by atoms with Crippen molar-refractivity contribution in [3.05, 3.63) is 44.3 Å². The van der Waals surface area contributed by atoms with E-state index in [9.17, 15) is 0 Å². The van der Waals surface area contributed by atoms with Crippen LogP contribution in [0.4, 0.5) is 0 Å². The van der Waals surface area contributed by atoms with E-state index in [2.05, 4.69) is 44.6 Å². The van der Waals surface area contributed by atoms with Gasteiger partial charge in [0.15, 0.2) is 0 Å². The molecule has 1 aromatic carbocycles. The smallest absolute Gasteiger partial charge is 0.131 e. The predicted octanol–water partition coefficient (Wildman–Crippen LogP) is 4.16. The zero-order valence-corrected chi connectivity index (χ0v) is 14.2. The molecule has 0 spiro atoms. The highest BCUT2D eigenvalue weighted by molar-refractivity contribution is 9.10. The minimum Gasteiger partial charge on any atom is -0.487 e. The summed E-state index contributed by atoms with van der Waals surface area (Å²) in [5, 5.41) is 6.43. The fraction of sp³-hybridized carbons (Fsp3) is 0.400. The zero-order chi connectivity index (χ0) is 14.4. The number of thiazole rings is 1. The van der Waals surface area contributed by atoms with Crippen molar-refractivity contribution in [2.45, 2.75) is 32.9 Å². The van der Waals surface area contributed by atoms with Gasteiger partial charge in [-0.3, -0.25) is 0 Å². The molecule has 108 valence electrons. The van der Waals surface area contributed by atoms with Crippen molar-refractivity contribution in [3.63, 3.8) is 0 Å². The van der Waals surface area contributed by atoms with Crippen LogP contribution in [0.1, 0.15) is 29.6 Å². The Hall–Kier alpha value is -0.910. The molecule has 0 saturated carbocycles. The van der Waals surface area contributed by atoms with Crippen LogP contribution in [0.25, 0.3) is 0 Å². The number of hydrogen-bond donors (Lipinski definition) is 1. The van der Waals surface area contributed by atoms with Gasteiger partial charge in [-0.2, -0.15) is 0 Å². The maximum Gasteiger partial charge on any atom is 0.131 e. The summed E-state index contributed by atoms with van der Waals surface area (Å²) in [7, 11) is 1.93. The average Bonchev–Trinajstić information content (AvgIpc) is 2.86. The number of aryl methyl sites for hydroxylation is 1. The number of halogens is 1. The third-order valence-corrected chi connectivity index (χ3v) is 4.28. The van der Waals surface area contributed by atoms with E-state index in [1.54, 1.807) is 11.3 Å². The van der Waals surface area contributed by atoms with Gasteiger partial charge in [-0.1, -0.05) is 22.9 Å². The molecule has 5 heteroatoms. The Labute approximate surface area is 132 Å². The number of hydrogen-bond acceptors (Lipinski definition) is 4. The molecule has 1 heterocycles. The van der Waals surface area contributed by atoms with Crippen LogP contribution in [0.2, 0.25) is 0 Å². The Morgan fingerprint density at radius 1 is 1.40 bits per heavy atom. The highest BCUT2D eigenvalue weighted by atomic mass is 79.9. The Morgan fingerprint density at radius 2 is 2.25 bits per heavy atom. The molecule has 0 bridgehead atoms. The first kappa shape index (κ1) is 15.5. The van der Waals surface area contributed by atoms with Crippen molar-refractivity contribution in [2.24, 2.45) is 0 Å². The molecule has 0 aliphatic carbocycles. The van der Waals surface area contributed by atoms with Gasteiger partial charge in [-0.05, 0) is 38.1 Å². The third kappa shape index (κ3) is 4.30. The fourth-order valence-electron chi connectivity index (χ4n) is 1.91. The van der Waals surface area contributed by atoms with Gasteiger partial charge in [0.05, 0.1) is 10.7 Å². The molecule has 0 fully saturated rings. The summed E-state index contributed by atoms with van der Waals surface area (Å²) >= 11 is 5.20. The topological polar surface area (TPSA) is 34.1 Å². The lowest BCUT2D eigenvalue weighted by atomic mass is 10.2. The fourth-order valence-corrected chi connectivity index (χ4v) is 3.21. The van der Waals surface area contributed by atoms with E-state index in [-0.39, 0.29) is 0 Å². The molecule has 0 radical (unpaired) electrons. The second kappa shape index (κ2) is 7.76. The van der Waals surface area contributed by atoms with Crippen LogP contribution in [0, 0.1) is 0 Å². The van der Waals surface area contributed by atoms with Crippen molar-refractivity contribution in [1.82, 2.24) is 10.3 Å². The number of benzene rings is 1. The molecule has 2 rings (SSSR count). The Kier molecular flexibility index (Phi) is 6.01. The van der Waals surface area contributed by atoms with Gasteiger partial charge in [0.25, 0.3) is 0 Å². The highest BCUT2D eigenvalue weighted by Gasteiger charge is 2.06. The van der Waals surface area contributed by atoms with E-state index in [0.29, 0.717) is 6.61 Å². The van der Waals surface area contributed by atoms with Crippen LogP contribution in [-0.2, 0) is 19.6 Å². The summed E-state index contributed by atoms with van der Waals surface area (Å²) in [5.74, 6) is 0.910. The van der Waals surface area contributed by atoms with Crippen LogP contribution < -0.4 is 10.1 Å². The van der Waals surface area contributed by atoms with E-state index in [4.69, 9.17) is 4.74 Å². The molecule has 0 atom stereocenters. The Balaban J connectivity index is 2.02. The van der Waals surface area contributed by atoms with Crippen molar-refractivity contribution in [3.8, 4) is 5.75 Å². The average molecular weight is 355 g/mol. The third-order valence-electron chi connectivity index (χ3n) is 2.83. The molecule has 0 amide bonds. The molecule has 2 aromatic rings. The van der Waals surface area contributed by atoms with Gasteiger partial charge >= 0.3 is 0 Å². The molecule has 1 N–H and O–H groups in total. The highest BCUT2D eigenvalue weighted by Crippen LogP contribution is 2.24. The summed E-state index contributed by atoms with van der Waals surface area (Å²) < 4.78 is 6.97. The normalized spacial score (nSPS) is 10.8. The quantitative estimate of drug-likeness (QED) is 0.810. The lowest BCUT2D eigenvalue weighted by molar-refractivity contribution is 0.298. The maximum absolute atomic E-state index is 5.91. The number of ether oxygens (including phenoxy) is 1. The van der Waals surface area contributed by atoms with Crippen LogP contribution in [-0.4, -0.2) is 12.0 Å². The van der Waals surface area contributed by atoms with Crippen molar-refractivity contribution >= 4 is 27.3 Å². The molecule has 1 aromatic heterocycles. The maximum atomic E-state index is 5.91. The van der Waals surface area contributed by atoms with E-state index < -0.39 is 0 Å². The van der Waals surface area contributed by atoms with Gasteiger partial charge in [-0.25, -0.2) is 4.98 Å². The van der Waals surface area contributed by atoms with Crippen molar-refractivity contribution in [2.75, 3.05) is 7.05 Å². The zero-order valence-electron chi connectivity index (χ0n) is 11.8. The summed E-state index contributed by atoms with van der Waals surface area (Å²) in [6.07, 6.45) is 2.18. The van der Waals surface area contributed by atoms with Gasteiger partial charge in [0.2, 0.25) is 0 Å². The molecule has 3 nitrogen and oxygen atoms in total. The van der Waals surface area contributed by atoms with Crippen LogP contribution in [0.5, 0.6) is 5.75 Å². The number of nitrogens with one attached hydrogen (secondary N) is 1. The summed E-state index contributed by atoms with van der Waals surface area (Å²) in [6.45, 7) is 3.48. The minimum atomic E-state index is 0.526. The van der Waals surface area contributed by atoms with Gasteiger partial charge in [0, 0.05) is 22.0 Å². The first-order valence-corrected chi connectivity index (χ1v) is 8.39. The summed E-state index contributed by atoms with van der Waals surface area (Å²) in [4.78, 5) is 4.58. The van der Waals surface area contributed by atoms with Crippen LogP contribution in [0.3, 0.4) is 0 Å². The van der Waals surface area contributed by atoms with Gasteiger partial charge in [-0.15, -0.1) is 11.3 Å². The Morgan fingerprint density at radius 3 is 3.00 bits per heavy atom. The van der Waals surface area contributed by atoms with Crippen molar-refractivity contribution < 1.29 is 4.74 Å². The first-order valence-electron chi connectivity index (χ1n) is 6.72. The SMILES string of the molecule is CCCc1nc(COc2ccc(Br)cc2CNC)cs1. The van der Waals surface area contributed by atoms with E-state index >= 15 is 0 Å². The van der Waals surface area contributed by atoms with E-state index in [1.165, 1.54) is 5.01 Å². The van der Waals surface area contributed by atoms with Crippen LogP contribution in [0.15, 0.2) is 28.1 Å². The van der Waals surface area contributed by atoms with Crippen molar-refractivity contribution in [1.29, 1.82) is 0 Å². The van der Waals surface area contributed by atoms with Gasteiger partial charge in [0.1, 0.15) is 12.4 Å². The number of rotatable bonds is 7. The summed E-state index contributed by atoms with van der Waals surface area (Å²) in [5.41, 5.74) is 2.16. The van der Waals surface area contributed by atoms with Gasteiger partial charge < -0.3 is 10.1 Å². The first-order chi connectivity index (χ1) is 9.72. The molecular formula is C15H19BrN2OS. The standard InChI is InChI=1S/C15H19BrN2OS/c1-3-4-15-18-13(10-20-15)9-19-14-6-5-12(16)7-11(14)8-17-2/h5-7,10,17H,3-4,8-9H2,1-2H3. The van der Waals surface area contributed by atoms with Crippen LogP contribution >= 0.6 is 27.3 Å². The second-order valence-electron chi connectivity index (χ2n) is 4.55. The van der Waals surface area contributed by atoms with E-state index in [0.717, 1.165) is 40.9 Å².